The number of carbonyl (C=O) groups excluding carboxylic acids is 1. The summed E-state index contributed by atoms with van der Waals surface area (Å²) in [6.45, 7) is 5.15. The highest BCUT2D eigenvalue weighted by Gasteiger charge is 2.36. The molecule has 2 aromatic rings. The van der Waals surface area contributed by atoms with Crippen LogP contribution in [0.2, 0.25) is 5.02 Å². The molecule has 0 saturated carbocycles. The number of nitrogens with zero attached hydrogens (tertiary/aromatic N) is 2. The predicted molar refractivity (Wildman–Crippen MR) is 111 cm³/mol. The molecule has 1 aliphatic heterocycles. The number of alkyl halides is 1. The smallest absolute Gasteiger partial charge is 0.410 e. The van der Waals surface area contributed by atoms with Crippen molar-refractivity contribution in [3.05, 3.63) is 53.3 Å². The average molecular weight is 421 g/mol. The number of likely N-dealkylation sites (tertiary alicyclic amines) is 1. The molecule has 2 aromatic carbocycles. The number of amides is 1. The summed E-state index contributed by atoms with van der Waals surface area (Å²) < 4.78 is 34.3. The van der Waals surface area contributed by atoms with Crippen molar-refractivity contribution in [2.75, 3.05) is 6.54 Å². The second-order valence-electron chi connectivity index (χ2n) is 7.93. The molecule has 3 rings (SSSR count). The topological polar surface area (TPSA) is 41.9 Å². The Kier molecular flexibility index (Phi) is 6.22. The van der Waals surface area contributed by atoms with Crippen LogP contribution in [0, 0.1) is 5.82 Å². The second-order valence-corrected chi connectivity index (χ2v) is 8.34. The summed E-state index contributed by atoms with van der Waals surface area (Å²) in [7, 11) is 0. The number of aliphatic imine (C=N–C) groups is 1. The van der Waals surface area contributed by atoms with Gasteiger partial charge in [0.2, 0.25) is 0 Å². The van der Waals surface area contributed by atoms with Gasteiger partial charge in [-0.15, -0.1) is 0 Å². The van der Waals surface area contributed by atoms with Crippen LogP contribution in [-0.2, 0) is 4.74 Å². The molecule has 7 heteroatoms. The molecule has 0 spiro atoms. The van der Waals surface area contributed by atoms with Gasteiger partial charge in [0.1, 0.15) is 11.8 Å². The van der Waals surface area contributed by atoms with Crippen LogP contribution in [0.5, 0.6) is 0 Å². The highest BCUT2D eigenvalue weighted by Crippen LogP contribution is 2.33. The summed E-state index contributed by atoms with van der Waals surface area (Å²) in [6.07, 6.45) is -0.301. The third kappa shape index (κ3) is 5.12. The van der Waals surface area contributed by atoms with Crippen LogP contribution in [0.15, 0.2) is 47.5 Å². The average Bonchev–Trinajstić information content (AvgIpc) is 3.01. The van der Waals surface area contributed by atoms with Crippen LogP contribution in [0.3, 0.4) is 0 Å². The highest BCUT2D eigenvalue weighted by molar-refractivity contribution is 6.33. The zero-order valence-corrected chi connectivity index (χ0v) is 17.3. The van der Waals surface area contributed by atoms with Gasteiger partial charge in [-0.1, -0.05) is 41.9 Å². The number of hydrogen-bond acceptors (Lipinski definition) is 3. The third-order valence-corrected chi connectivity index (χ3v) is 4.78. The third-order valence-electron chi connectivity index (χ3n) is 4.45. The van der Waals surface area contributed by atoms with E-state index in [1.807, 2.05) is 0 Å². The van der Waals surface area contributed by atoms with Gasteiger partial charge in [0.25, 0.3) is 0 Å². The maximum Gasteiger partial charge on any atom is 0.410 e. The summed E-state index contributed by atoms with van der Waals surface area (Å²) in [6, 6.07) is 11.2. The Hall–Kier alpha value is -2.47. The maximum atomic E-state index is 15.0. The molecule has 2 atom stereocenters. The Balaban J connectivity index is 1.84. The number of carbonyl (C=O) groups is 1. The number of rotatable bonds is 3. The van der Waals surface area contributed by atoms with E-state index in [4.69, 9.17) is 16.3 Å². The molecule has 0 radical (unpaired) electrons. The van der Waals surface area contributed by atoms with Gasteiger partial charge in [-0.3, -0.25) is 9.89 Å². The minimum Gasteiger partial charge on any atom is -0.444 e. The fourth-order valence-corrected chi connectivity index (χ4v) is 3.40. The van der Waals surface area contributed by atoms with Crippen LogP contribution in [0.4, 0.5) is 19.3 Å². The molecule has 154 valence electrons. The first kappa shape index (κ1) is 21.2. The molecular formula is C22H23ClF2N2O2. The van der Waals surface area contributed by atoms with Crippen molar-refractivity contribution >= 4 is 29.6 Å². The van der Waals surface area contributed by atoms with E-state index in [0.29, 0.717) is 16.1 Å². The number of benzene rings is 2. The second kappa shape index (κ2) is 8.49. The molecule has 1 saturated heterocycles. The Morgan fingerprint density at radius 3 is 2.59 bits per heavy atom. The van der Waals surface area contributed by atoms with Crippen molar-refractivity contribution in [3.8, 4) is 11.1 Å². The van der Waals surface area contributed by atoms with Crippen LogP contribution < -0.4 is 0 Å². The summed E-state index contributed by atoms with van der Waals surface area (Å²) in [5, 5.41) is 0.430. The van der Waals surface area contributed by atoms with E-state index in [1.54, 1.807) is 57.2 Å². The van der Waals surface area contributed by atoms with Crippen molar-refractivity contribution in [3.63, 3.8) is 0 Å². The van der Waals surface area contributed by atoms with E-state index in [9.17, 15) is 9.18 Å². The quantitative estimate of drug-likeness (QED) is 0.555. The molecule has 1 aliphatic rings. The molecule has 0 bridgehead atoms. The summed E-state index contributed by atoms with van der Waals surface area (Å²) >= 11 is 6.18. The lowest BCUT2D eigenvalue weighted by molar-refractivity contribution is 0.0259. The van der Waals surface area contributed by atoms with Gasteiger partial charge in [0, 0.05) is 28.8 Å². The van der Waals surface area contributed by atoms with Gasteiger partial charge < -0.3 is 4.74 Å². The predicted octanol–water partition coefficient (Wildman–Crippen LogP) is 6.20. The van der Waals surface area contributed by atoms with Gasteiger partial charge in [0.05, 0.1) is 18.3 Å². The normalized spacial score (nSPS) is 19.7. The molecule has 29 heavy (non-hydrogen) atoms. The minimum absolute atomic E-state index is 0.0756. The number of hydrogen-bond donors (Lipinski definition) is 0. The summed E-state index contributed by atoms with van der Waals surface area (Å²) in [5.41, 5.74) is 0.282. The molecule has 0 unspecified atom stereocenters. The lowest BCUT2D eigenvalue weighted by Gasteiger charge is -2.26. The van der Waals surface area contributed by atoms with Crippen molar-refractivity contribution < 1.29 is 18.3 Å². The lowest BCUT2D eigenvalue weighted by Crippen LogP contribution is -2.40. The molecule has 0 aromatic heterocycles. The zero-order chi connectivity index (χ0) is 21.2. The van der Waals surface area contributed by atoms with Gasteiger partial charge in [-0.25, -0.2) is 13.6 Å². The van der Waals surface area contributed by atoms with Gasteiger partial charge in [0.15, 0.2) is 5.82 Å². The largest absolute Gasteiger partial charge is 0.444 e. The molecule has 1 heterocycles. The molecule has 0 aliphatic carbocycles. The Morgan fingerprint density at radius 2 is 1.90 bits per heavy atom. The first-order valence-corrected chi connectivity index (χ1v) is 9.75. The Labute approximate surface area is 174 Å². The zero-order valence-electron chi connectivity index (χ0n) is 16.5. The summed E-state index contributed by atoms with van der Waals surface area (Å²) in [4.78, 5) is 17.9. The molecule has 1 amide bonds. The van der Waals surface area contributed by atoms with Crippen molar-refractivity contribution in [1.29, 1.82) is 0 Å². The SMILES string of the molecule is CC(C)(C)OC(=O)N1C[C@H](F)C[C@H]1C=Nc1cccc(-c2ccccc2Cl)c1F. The van der Waals surface area contributed by atoms with E-state index >= 15 is 4.39 Å². The van der Waals surface area contributed by atoms with Crippen molar-refractivity contribution in [1.82, 2.24) is 4.90 Å². The number of halogens is 3. The highest BCUT2D eigenvalue weighted by atomic mass is 35.5. The standard InChI is InChI=1S/C22H23ClF2N2O2/c1-22(2,3)29-21(28)27-13-14(24)11-15(27)12-26-19-10-6-8-17(20(19)25)16-7-4-5-9-18(16)23/h4-10,12,14-15H,11,13H2,1-3H3/t14-,15+/m1/s1. The van der Waals surface area contributed by atoms with E-state index in [1.165, 1.54) is 17.2 Å². The van der Waals surface area contributed by atoms with E-state index in [2.05, 4.69) is 4.99 Å². The molecular weight excluding hydrogens is 398 g/mol. The molecule has 4 nitrogen and oxygen atoms in total. The van der Waals surface area contributed by atoms with E-state index in [-0.39, 0.29) is 18.7 Å². The fourth-order valence-electron chi connectivity index (χ4n) is 3.16. The summed E-state index contributed by atoms with van der Waals surface area (Å²) in [5.74, 6) is -0.532. The monoisotopic (exact) mass is 420 g/mol. The number of ether oxygens (including phenoxy) is 1. The van der Waals surface area contributed by atoms with Crippen molar-refractivity contribution in [2.45, 2.75) is 45.0 Å². The minimum atomic E-state index is -1.18. The van der Waals surface area contributed by atoms with Gasteiger partial charge >= 0.3 is 6.09 Å². The van der Waals surface area contributed by atoms with Gasteiger partial charge in [-0.05, 0) is 32.9 Å². The lowest BCUT2D eigenvalue weighted by atomic mass is 10.0. The first-order chi connectivity index (χ1) is 13.7. The Bertz CT molecular complexity index is 927. The first-order valence-electron chi connectivity index (χ1n) is 9.37. The molecule has 1 fully saturated rings. The van der Waals surface area contributed by atoms with Crippen LogP contribution in [0.1, 0.15) is 27.2 Å². The van der Waals surface area contributed by atoms with E-state index in [0.717, 1.165) is 0 Å². The maximum absolute atomic E-state index is 15.0. The van der Waals surface area contributed by atoms with E-state index < -0.39 is 29.7 Å². The van der Waals surface area contributed by atoms with Crippen LogP contribution in [-0.4, -0.2) is 41.6 Å². The fraction of sp³-hybridized carbons (Fsp3) is 0.364. The van der Waals surface area contributed by atoms with Crippen LogP contribution in [0.25, 0.3) is 11.1 Å². The van der Waals surface area contributed by atoms with Crippen molar-refractivity contribution in [2.24, 2.45) is 4.99 Å². The molecule has 0 N–H and O–H groups in total. The van der Waals surface area contributed by atoms with Gasteiger partial charge in [-0.2, -0.15) is 0 Å². The van der Waals surface area contributed by atoms with Crippen LogP contribution >= 0.6 is 11.6 Å². The Morgan fingerprint density at radius 1 is 1.21 bits per heavy atom.